The lowest BCUT2D eigenvalue weighted by Gasteiger charge is -2.06. The molecule has 0 aliphatic heterocycles. The summed E-state index contributed by atoms with van der Waals surface area (Å²) >= 11 is 5.92. The van der Waals surface area contributed by atoms with Crippen LogP contribution in [0.5, 0.6) is 0 Å². The van der Waals surface area contributed by atoms with Gasteiger partial charge in [0, 0.05) is 16.3 Å². The van der Waals surface area contributed by atoms with E-state index in [0.717, 1.165) is 22.9 Å². The Balaban J connectivity index is 1.95. The van der Waals surface area contributed by atoms with Gasteiger partial charge in [0.2, 0.25) is 10.0 Å². The minimum Gasteiger partial charge on any atom is -0.284 e. The number of sulfonamides is 1. The van der Waals surface area contributed by atoms with Crippen LogP contribution in [0.3, 0.4) is 0 Å². The quantitative estimate of drug-likeness (QED) is 0.798. The van der Waals surface area contributed by atoms with Crippen LogP contribution in [0.4, 0.5) is 5.69 Å². The van der Waals surface area contributed by atoms with Crippen molar-refractivity contribution in [2.75, 3.05) is 11.0 Å². The van der Waals surface area contributed by atoms with Crippen LogP contribution in [0, 0.1) is 0 Å². The molecule has 22 heavy (non-hydrogen) atoms. The molecule has 5 nitrogen and oxygen atoms in total. The summed E-state index contributed by atoms with van der Waals surface area (Å²) in [4.78, 5) is 8.87. The Labute approximate surface area is 133 Å². The van der Waals surface area contributed by atoms with Crippen molar-refractivity contribution < 1.29 is 8.42 Å². The SMILES string of the molecule is CS(=O)(=O)Nc1ccc(-c2cnc3cc(Cl)ccc3n2)cc1. The summed E-state index contributed by atoms with van der Waals surface area (Å²) in [6, 6.07) is 12.3. The minimum absolute atomic E-state index is 0.506. The number of benzene rings is 2. The predicted molar refractivity (Wildman–Crippen MR) is 88.5 cm³/mol. The van der Waals surface area contributed by atoms with Gasteiger partial charge in [-0.05, 0) is 30.3 Å². The lowest BCUT2D eigenvalue weighted by atomic mass is 10.1. The van der Waals surface area contributed by atoms with Crippen molar-refractivity contribution in [2.45, 2.75) is 0 Å². The van der Waals surface area contributed by atoms with Crippen molar-refractivity contribution in [1.29, 1.82) is 0 Å². The lowest BCUT2D eigenvalue weighted by Crippen LogP contribution is -2.09. The predicted octanol–water partition coefficient (Wildman–Crippen LogP) is 3.32. The number of halogens is 1. The second-order valence-electron chi connectivity index (χ2n) is 4.84. The molecule has 0 saturated carbocycles. The topological polar surface area (TPSA) is 72.0 Å². The maximum Gasteiger partial charge on any atom is 0.229 e. The van der Waals surface area contributed by atoms with Crippen LogP contribution >= 0.6 is 11.6 Å². The van der Waals surface area contributed by atoms with Crippen molar-refractivity contribution >= 4 is 38.3 Å². The standard InChI is InChI=1S/C15H12ClN3O2S/c1-22(20,21)19-12-5-2-10(3-6-12)15-9-17-14-8-11(16)4-7-13(14)18-15/h2-9,19H,1H3. The van der Waals surface area contributed by atoms with Gasteiger partial charge in [-0.3, -0.25) is 9.71 Å². The summed E-state index contributed by atoms with van der Waals surface area (Å²) in [6.07, 6.45) is 2.78. The Kier molecular flexibility index (Phi) is 3.72. The van der Waals surface area contributed by atoms with Crippen LogP contribution in [0.15, 0.2) is 48.7 Å². The number of anilines is 1. The molecule has 1 N–H and O–H groups in total. The van der Waals surface area contributed by atoms with E-state index in [9.17, 15) is 8.42 Å². The number of nitrogens with one attached hydrogen (secondary N) is 1. The van der Waals surface area contributed by atoms with Crippen LogP contribution < -0.4 is 4.72 Å². The Morgan fingerprint density at radius 2 is 1.77 bits per heavy atom. The highest BCUT2D eigenvalue weighted by molar-refractivity contribution is 7.92. The zero-order valence-electron chi connectivity index (χ0n) is 11.6. The molecule has 3 rings (SSSR count). The third kappa shape index (κ3) is 3.35. The normalized spacial score (nSPS) is 11.5. The molecule has 0 unspecified atom stereocenters. The third-order valence-electron chi connectivity index (χ3n) is 2.99. The molecule has 2 aromatic carbocycles. The van der Waals surface area contributed by atoms with Gasteiger partial charge in [0.1, 0.15) is 0 Å². The highest BCUT2D eigenvalue weighted by Gasteiger charge is 2.05. The first-order valence-electron chi connectivity index (χ1n) is 6.41. The summed E-state index contributed by atoms with van der Waals surface area (Å²) in [6.45, 7) is 0. The maximum atomic E-state index is 11.2. The number of nitrogens with zero attached hydrogens (tertiary/aromatic N) is 2. The van der Waals surface area contributed by atoms with Gasteiger partial charge in [-0.1, -0.05) is 23.7 Å². The molecule has 0 amide bonds. The van der Waals surface area contributed by atoms with Crippen LogP contribution in [-0.4, -0.2) is 24.6 Å². The molecule has 0 bridgehead atoms. The summed E-state index contributed by atoms with van der Waals surface area (Å²) in [5, 5.41) is 0.616. The highest BCUT2D eigenvalue weighted by atomic mass is 35.5. The van der Waals surface area contributed by atoms with Crippen LogP contribution in [0.25, 0.3) is 22.3 Å². The fraction of sp³-hybridized carbons (Fsp3) is 0.0667. The monoisotopic (exact) mass is 333 g/mol. The Hall–Kier alpha value is -2.18. The van der Waals surface area contributed by atoms with Crippen LogP contribution in [-0.2, 0) is 10.0 Å². The third-order valence-corrected chi connectivity index (χ3v) is 3.83. The Morgan fingerprint density at radius 3 is 2.45 bits per heavy atom. The molecule has 1 aromatic heterocycles. The first-order chi connectivity index (χ1) is 10.4. The molecule has 0 aliphatic rings. The molecule has 0 aliphatic carbocycles. The average molecular weight is 334 g/mol. The van der Waals surface area contributed by atoms with Gasteiger partial charge in [-0.2, -0.15) is 0 Å². The smallest absolute Gasteiger partial charge is 0.229 e. The second-order valence-corrected chi connectivity index (χ2v) is 7.02. The Bertz CT molecular complexity index is 941. The van der Waals surface area contributed by atoms with Crippen LogP contribution in [0.2, 0.25) is 5.02 Å². The second kappa shape index (κ2) is 5.55. The summed E-state index contributed by atoms with van der Waals surface area (Å²) in [5.41, 5.74) is 3.54. The van der Waals surface area contributed by atoms with E-state index in [1.54, 1.807) is 42.6 Å². The van der Waals surface area contributed by atoms with Gasteiger partial charge < -0.3 is 0 Å². The fourth-order valence-electron chi connectivity index (χ4n) is 2.05. The van der Waals surface area contributed by atoms with E-state index in [1.807, 2.05) is 6.07 Å². The van der Waals surface area contributed by atoms with Gasteiger partial charge >= 0.3 is 0 Å². The van der Waals surface area contributed by atoms with E-state index in [-0.39, 0.29) is 0 Å². The van der Waals surface area contributed by atoms with E-state index in [0.29, 0.717) is 16.4 Å². The van der Waals surface area contributed by atoms with Gasteiger partial charge in [-0.15, -0.1) is 0 Å². The van der Waals surface area contributed by atoms with Crippen molar-refractivity contribution in [3.63, 3.8) is 0 Å². The molecule has 0 radical (unpaired) electrons. The molecule has 0 saturated heterocycles. The fourth-order valence-corrected chi connectivity index (χ4v) is 2.78. The molecular weight excluding hydrogens is 322 g/mol. The lowest BCUT2D eigenvalue weighted by molar-refractivity contribution is 0.607. The van der Waals surface area contributed by atoms with Crippen molar-refractivity contribution in [3.05, 3.63) is 53.7 Å². The Morgan fingerprint density at radius 1 is 1.05 bits per heavy atom. The van der Waals surface area contributed by atoms with E-state index in [2.05, 4.69) is 14.7 Å². The zero-order valence-corrected chi connectivity index (χ0v) is 13.2. The number of rotatable bonds is 3. The van der Waals surface area contributed by atoms with Crippen molar-refractivity contribution in [2.24, 2.45) is 0 Å². The average Bonchev–Trinajstić information content (AvgIpc) is 2.46. The number of fused-ring (bicyclic) bond motifs is 1. The highest BCUT2D eigenvalue weighted by Crippen LogP contribution is 2.22. The van der Waals surface area contributed by atoms with Crippen molar-refractivity contribution in [1.82, 2.24) is 9.97 Å². The van der Waals surface area contributed by atoms with Crippen molar-refractivity contribution in [3.8, 4) is 11.3 Å². The van der Waals surface area contributed by atoms with Gasteiger partial charge in [0.05, 0.1) is 29.2 Å². The molecular formula is C15H12ClN3O2S. The largest absolute Gasteiger partial charge is 0.284 e. The van der Waals surface area contributed by atoms with Gasteiger partial charge in [-0.25, -0.2) is 13.4 Å². The molecule has 112 valence electrons. The number of hydrogen-bond donors (Lipinski definition) is 1. The maximum absolute atomic E-state index is 11.2. The van der Waals surface area contributed by atoms with Gasteiger partial charge in [0.15, 0.2) is 0 Å². The van der Waals surface area contributed by atoms with E-state index >= 15 is 0 Å². The molecule has 0 atom stereocenters. The number of aromatic nitrogens is 2. The van der Waals surface area contributed by atoms with Crippen LogP contribution in [0.1, 0.15) is 0 Å². The molecule has 7 heteroatoms. The van der Waals surface area contributed by atoms with E-state index in [4.69, 9.17) is 11.6 Å². The summed E-state index contributed by atoms with van der Waals surface area (Å²) in [5.74, 6) is 0. The molecule has 0 fully saturated rings. The van der Waals surface area contributed by atoms with Gasteiger partial charge in [0.25, 0.3) is 0 Å². The molecule has 0 spiro atoms. The molecule has 3 aromatic rings. The summed E-state index contributed by atoms with van der Waals surface area (Å²) < 4.78 is 24.8. The first kappa shape index (κ1) is 14.7. The number of hydrogen-bond acceptors (Lipinski definition) is 4. The minimum atomic E-state index is -3.28. The summed E-state index contributed by atoms with van der Waals surface area (Å²) in [7, 11) is -3.28. The zero-order chi connectivity index (χ0) is 15.7. The van der Waals surface area contributed by atoms with E-state index < -0.39 is 10.0 Å². The first-order valence-corrected chi connectivity index (χ1v) is 8.68. The molecule has 1 heterocycles. The van der Waals surface area contributed by atoms with E-state index in [1.165, 1.54) is 0 Å².